The second-order valence-electron chi connectivity index (χ2n) is 6.24. The third kappa shape index (κ3) is 2.70. The number of carbonyl (C=O) groups excluding carboxylic acids is 1. The summed E-state index contributed by atoms with van der Waals surface area (Å²) in [5, 5.41) is 0. The Morgan fingerprint density at radius 3 is 2.76 bits per heavy atom. The molecule has 0 saturated carbocycles. The quantitative estimate of drug-likeness (QED) is 0.671. The Hall–Kier alpha value is -2.34. The number of amides is 1. The summed E-state index contributed by atoms with van der Waals surface area (Å²) in [6, 6.07) is 13.8. The summed E-state index contributed by atoms with van der Waals surface area (Å²) in [5.41, 5.74) is 2.94. The van der Waals surface area contributed by atoms with E-state index in [2.05, 4.69) is 26.6 Å². The average Bonchev–Trinajstić information content (AvgIpc) is 3.16. The minimum atomic E-state index is 0.0887. The molecule has 1 aliphatic rings. The monoisotopic (exact) mass is 399 g/mol. The van der Waals surface area contributed by atoms with Crippen LogP contribution in [0.3, 0.4) is 0 Å². The van der Waals surface area contributed by atoms with Crippen molar-refractivity contribution >= 4 is 38.6 Å². The second kappa shape index (κ2) is 6.19. The number of halogens is 1. The van der Waals surface area contributed by atoms with Crippen LogP contribution in [-0.4, -0.2) is 29.1 Å². The number of hydrogen-bond donors (Lipinski definition) is 0. The van der Waals surface area contributed by atoms with Crippen LogP contribution in [0, 0.1) is 0 Å². The molecule has 2 heterocycles. The number of fused-ring (bicyclic) bond motifs is 1. The van der Waals surface area contributed by atoms with E-state index in [0.29, 0.717) is 13.0 Å². The summed E-state index contributed by atoms with van der Waals surface area (Å²) < 4.78 is 8.20. The molecule has 4 rings (SSSR count). The standard InChI is InChI=1S/C19H18BrN3O2/c1-22-16-6-4-3-5-15(16)21-19(22)12-9-18(24)23(11-12)13-7-8-17(25-2)14(20)10-13/h3-8,10,12H,9,11H2,1-2H3. The largest absolute Gasteiger partial charge is 0.496 e. The minimum Gasteiger partial charge on any atom is -0.496 e. The van der Waals surface area contributed by atoms with Crippen molar-refractivity contribution in [2.75, 3.05) is 18.6 Å². The summed E-state index contributed by atoms with van der Waals surface area (Å²) in [6.45, 7) is 0.634. The molecule has 0 spiro atoms. The van der Waals surface area contributed by atoms with Crippen LogP contribution in [0.2, 0.25) is 0 Å². The molecule has 1 amide bonds. The molecule has 128 valence electrons. The van der Waals surface area contributed by atoms with Gasteiger partial charge in [0.15, 0.2) is 0 Å². The van der Waals surface area contributed by atoms with Gasteiger partial charge >= 0.3 is 0 Å². The smallest absolute Gasteiger partial charge is 0.227 e. The lowest BCUT2D eigenvalue weighted by Gasteiger charge is -2.18. The summed E-state index contributed by atoms with van der Waals surface area (Å²) in [4.78, 5) is 19.2. The molecule has 1 fully saturated rings. The van der Waals surface area contributed by atoms with E-state index in [1.807, 2.05) is 48.3 Å². The number of hydrogen-bond acceptors (Lipinski definition) is 3. The lowest BCUT2D eigenvalue weighted by molar-refractivity contribution is -0.117. The maximum atomic E-state index is 12.6. The molecule has 1 aliphatic heterocycles. The van der Waals surface area contributed by atoms with Gasteiger partial charge in [0.1, 0.15) is 11.6 Å². The molecule has 5 nitrogen and oxygen atoms in total. The van der Waals surface area contributed by atoms with E-state index in [9.17, 15) is 4.79 Å². The number of ether oxygens (including phenoxy) is 1. The topological polar surface area (TPSA) is 47.4 Å². The van der Waals surface area contributed by atoms with Crippen LogP contribution in [-0.2, 0) is 11.8 Å². The number of aromatic nitrogens is 2. The number of para-hydroxylation sites is 2. The lowest BCUT2D eigenvalue weighted by Crippen LogP contribution is -2.24. The van der Waals surface area contributed by atoms with Crippen LogP contribution in [0.5, 0.6) is 5.75 Å². The molecule has 1 atom stereocenters. The van der Waals surface area contributed by atoms with Crippen LogP contribution in [0.4, 0.5) is 5.69 Å². The fraction of sp³-hybridized carbons (Fsp3) is 0.263. The highest BCUT2D eigenvalue weighted by molar-refractivity contribution is 9.10. The third-order valence-electron chi connectivity index (χ3n) is 4.76. The van der Waals surface area contributed by atoms with Crippen LogP contribution in [0.25, 0.3) is 11.0 Å². The molecule has 0 aliphatic carbocycles. The fourth-order valence-electron chi connectivity index (χ4n) is 3.48. The fourth-order valence-corrected chi connectivity index (χ4v) is 4.01. The van der Waals surface area contributed by atoms with Gasteiger partial charge in [-0.25, -0.2) is 4.98 Å². The Bertz CT molecular complexity index is 966. The maximum absolute atomic E-state index is 12.6. The van der Waals surface area contributed by atoms with Crippen LogP contribution >= 0.6 is 15.9 Å². The normalized spacial score (nSPS) is 17.5. The van der Waals surface area contributed by atoms with Crippen molar-refractivity contribution in [3.05, 3.63) is 52.8 Å². The van der Waals surface area contributed by atoms with E-state index in [1.165, 1.54) is 0 Å². The van der Waals surface area contributed by atoms with Crippen molar-refractivity contribution in [2.45, 2.75) is 12.3 Å². The predicted octanol–water partition coefficient (Wildman–Crippen LogP) is 3.86. The Balaban J connectivity index is 1.65. The Kier molecular flexibility index (Phi) is 4.00. The van der Waals surface area contributed by atoms with E-state index in [1.54, 1.807) is 7.11 Å². The molecular weight excluding hydrogens is 382 g/mol. The Labute approximate surface area is 154 Å². The first-order valence-corrected chi connectivity index (χ1v) is 8.93. The van der Waals surface area contributed by atoms with E-state index < -0.39 is 0 Å². The third-order valence-corrected chi connectivity index (χ3v) is 5.38. The van der Waals surface area contributed by atoms with E-state index in [-0.39, 0.29) is 11.8 Å². The summed E-state index contributed by atoms with van der Waals surface area (Å²) in [7, 11) is 3.64. The number of methoxy groups -OCH3 is 1. The molecule has 0 N–H and O–H groups in total. The molecule has 3 aromatic rings. The first-order chi connectivity index (χ1) is 12.1. The lowest BCUT2D eigenvalue weighted by atomic mass is 10.1. The van der Waals surface area contributed by atoms with Gasteiger partial charge < -0.3 is 14.2 Å². The van der Waals surface area contributed by atoms with Crippen LogP contribution in [0.15, 0.2) is 46.9 Å². The summed E-state index contributed by atoms with van der Waals surface area (Å²) in [5.74, 6) is 1.92. The van der Waals surface area contributed by atoms with E-state index in [4.69, 9.17) is 9.72 Å². The number of imidazole rings is 1. The molecule has 0 radical (unpaired) electrons. The number of anilines is 1. The number of nitrogens with zero attached hydrogens (tertiary/aromatic N) is 3. The van der Waals surface area contributed by atoms with Crippen molar-refractivity contribution < 1.29 is 9.53 Å². The van der Waals surface area contributed by atoms with Crippen molar-refractivity contribution in [2.24, 2.45) is 7.05 Å². The molecule has 1 saturated heterocycles. The van der Waals surface area contributed by atoms with Crippen molar-refractivity contribution in [3.8, 4) is 5.75 Å². The number of rotatable bonds is 3. The van der Waals surface area contributed by atoms with Gasteiger partial charge in [-0.3, -0.25) is 4.79 Å². The van der Waals surface area contributed by atoms with Gasteiger partial charge in [0.05, 0.1) is 22.6 Å². The van der Waals surface area contributed by atoms with Crippen molar-refractivity contribution in [3.63, 3.8) is 0 Å². The van der Waals surface area contributed by atoms with E-state index >= 15 is 0 Å². The molecule has 6 heteroatoms. The van der Waals surface area contributed by atoms with Crippen LogP contribution < -0.4 is 9.64 Å². The number of aryl methyl sites for hydroxylation is 1. The van der Waals surface area contributed by atoms with Crippen molar-refractivity contribution in [1.82, 2.24) is 9.55 Å². The predicted molar refractivity (Wildman–Crippen MR) is 101 cm³/mol. The molecule has 1 unspecified atom stereocenters. The molecule has 2 aromatic carbocycles. The van der Waals surface area contributed by atoms with Crippen LogP contribution in [0.1, 0.15) is 18.2 Å². The van der Waals surface area contributed by atoms with Gasteiger partial charge in [-0.05, 0) is 46.3 Å². The minimum absolute atomic E-state index is 0.0887. The zero-order chi connectivity index (χ0) is 17.6. The van der Waals surface area contributed by atoms with Gasteiger partial charge in [0.2, 0.25) is 5.91 Å². The summed E-state index contributed by atoms with van der Waals surface area (Å²) >= 11 is 3.49. The van der Waals surface area contributed by atoms with E-state index in [0.717, 1.165) is 32.8 Å². The molecule has 0 bridgehead atoms. The van der Waals surface area contributed by atoms with Gasteiger partial charge in [-0.15, -0.1) is 0 Å². The first-order valence-electron chi connectivity index (χ1n) is 8.13. The van der Waals surface area contributed by atoms with Crippen molar-refractivity contribution in [1.29, 1.82) is 0 Å². The Morgan fingerprint density at radius 2 is 2.04 bits per heavy atom. The van der Waals surface area contributed by atoms with Gasteiger partial charge in [-0.2, -0.15) is 0 Å². The SMILES string of the molecule is COc1ccc(N2CC(c3nc4ccccc4n3C)CC2=O)cc1Br. The molecule has 1 aromatic heterocycles. The first kappa shape index (κ1) is 16.1. The second-order valence-corrected chi connectivity index (χ2v) is 7.10. The maximum Gasteiger partial charge on any atom is 0.227 e. The number of benzene rings is 2. The van der Waals surface area contributed by atoms with Gasteiger partial charge in [0.25, 0.3) is 0 Å². The number of carbonyl (C=O) groups is 1. The highest BCUT2D eigenvalue weighted by Gasteiger charge is 2.34. The highest BCUT2D eigenvalue weighted by Crippen LogP contribution is 2.35. The summed E-state index contributed by atoms with van der Waals surface area (Å²) in [6.07, 6.45) is 0.473. The molecule has 25 heavy (non-hydrogen) atoms. The van der Waals surface area contributed by atoms with Gasteiger partial charge in [-0.1, -0.05) is 12.1 Å². The van der Waals surface area contributed by atoms with Gasteiger partial charge in [0, 0.05) is 31.6 Å². The molecular formula is C19H18BrN3O2. The highest BCUT2D eigenvalue weighted by atomic mass is 79.9. The Morgan fingerprint density at radius 1 is 1.24 bits per heavy atom. The zero-order valence-electron chi connectivity index (χ0n) is 14.1. The average molecular weight is 400 g/mol. The zero-order valence-corrected chi connectivity index (χ0v) is 15.7.